The summed E-state index contributed by atoms with van der Waals surface area (Å²) in [6, 6.07) is 3.41. The third-order valence-corrected chi connectivity index (χ3v) is 4.92. The fourth-order valence-corrected chi connectivity index (χ4v) is 3.23. The number of imide groups is 2. The van der Waals surface area contributed by atoms with Crippen molar-refractivity contribution < 1.29 is 28.7 Å². The average molecular weight is 418 g/mol. The quantitative estimate of drug-likeness (QED) is 0.606. The Balaban J connectivity index is 1.54. The average Bonchev–Trinajstić information content (AvgIpc) is 2.89. The van der Waals surface area contributed by atoms with Crippen LogP contribution in [0.4, 0.5) is 15.3 Å². The van der Waals surface area contributed by atoms with Crippen LogP contribution in [0, 0.1) is 5.92 Å². The van der Waals surface area contributed by atoms with Gasteiger partial charge in [-0.3, -0.25) is 19.8 Å². The zero-order valence-corrected chi connectivity index (χ0v) is 17.2. The van der Waals surface area contributed by atoms with Crippen molar-refractivity contribution in [3.05, 3.63) is 18.2 Å². The Bertz CT molecular complexity index is 871. The minimum absolute atomic E-state index is 0.369. The third-order valence-electron chi connectivity index (χ3n) is 4.92. The van der Waals surface area contributed by atoms with Crippen molar-refractivity contribution in [2.75, 3.05) is 25.1 Å². The van der Waals surface area contributed by atoms with E-state index in [0.29, 0.717) is 42.7 Å². The van der Waals surface area contributed by atoms with Gasteiger partial charge in [-0.2, -0.15) is 0 Å². The highest BCUT2D eigenvalue weighted by Crippen LogP contribution is 2.32. The van der Waals surface area contributed by atoms with Gasteiger partial charge in [0, 0.05) is 11.8 Å². The van der Waals surface area contributed by atoms with Crippen molar-refractivity contribution in [2.24, 2.45) is 5.92 Å². The van der Waals surface area contributed by atoms with Crippen LogP contribution in [0.1, 0.15) is 33.6 Å². The molecule has 162 valence electrons. The van der Waals surface area contributed by atoms with Crippen molar-refractivity contribution in [1.29, 1.82) is 0 Å². The number of fused-ring (bicyclic) bond motifs is 1. The number of carbonyl (C=O) groups excluding carboxylic acids is 4. The summed E-state index contributed by atoms with van der Waals surface area (Å²) in [5, 5.41) is 7.27. The highest BCUT2D eigenvalue weighted by Gasteiger charge is 2.47. The minimum atomic E-state index is -1.05. The first-order valence-corrected chi connectivity index (χ1v) is 9.82. The number of benzene rings is 1. The van der Waals surface area contributed by atoms with E-state index in [2.05, 4.69) is 16.0 Å². The fourth-order valence-electron chi connectivity index (χ4n) is 3.23. The molecule has 0 unspecified atom stereocenters. The summed E-state index contributed by atoms with van der Waals surface area (Å²) in [4.78, 5) is 50.0. The van der Waals surface area contributed by atoms with E-state index in [9.17, 15) is 19.2 Å². The van der Waals surface area contributed by atoms with Crippen molar-refractivity contribution in [2.45, 2.75) is 39.2 Å². The van der Waals surface area contributed by atoms with Crippen LogP contribution >= 0.6 is 0 Å². The summed E-state index contributed by atoms with van der Waals surface area (Å²) in [6.07, 6.45) is 1.22. The predicted octanol–water partition coefficient (Wildman–Crippen LogP) is 1.85. The van der Waals surface area contributed by atoms with Crippen molar-refractivity contribution >= 4 is 29.6 Å². The highest BCUT2D eigenvalue weighted by molar-refractivity contribution is 6.10. The summed E-state index contributed by atoms with van der Waals surface area (Å²) >= 11 is 0. The Labute approximate surface area is 174 Å². The van der Waals surface area contributed by atoms with Gasteiger partial charge < -0.3 is 20.1 Å². The van der Waals surface area contributed by atoms with E-state index >= 15 is 0 Å². The lowest BCUT2D eigenvalue weighted by Gasteiger charge is -2.22. The molecule has 0 spiro atoms. The molecule has 6 amide bonds. The van der Waals surface area contributed by atoms with Crippen LogP contribution in [0.25, 0.3) is 0 Å². The second-order valence-electron chi connectivity index (χ2n) is 7.95. The molecule has 10 nitrogen and oxygen atoms in total. The van der Waals surface area contributed by atoms with Gasteiger partial charge in [0.05, 0.1) is 0 Å². The van der Waals surface area contributed by atoms with E-state index in [1.165, 1.54) is 0 Å². The first kappa shape index (κ1) is 21.4. The standard InChI is InChI=1S/C20H26N4O6/c1-12(2)6-7-20(3)17(26)24(19(28)23-20)11-16(25)22-18(27)21-13-4-5-14-15(10-13)30-9-8-29-14/h4-5,10,12H,6-9,11H2,1-3H3,(H,23,28)(H2,21,22,25,27)/t20-/m1/s1. The lowest BCUT2D eigenvalue weighted by atomic mass is 9.92. The zero-order valence-electron chi connectivity index (χ0n) is 17.2. The van der Waals surface area contributed by atoms with Gasteiger partial charge in [0.2, 0.25) is 5.91 Å². The Morgan fingerprint density at radius 1 is 1.20 bits per heavy atom. The molecule has 1 atom stereocenters. The molecule has 1 aromatic carbocycles. The van der Waals surface area contributed by atoms with Crippen LogP contribution in [0.15, 0.2) is 18.2 Å². The number of anilines is 1. The van der Waals surface area contributed by atoms with Crippen LogP contribution in [-0.2, 0) is 9.59 Å². The Kier molecular flexibility index (Phi) is 6.14. The molecule has 1 aromatic rings. The molecule has 3 N–H and O–H groups in total. The summed E-state index contributed by atoms with van der Waals surface area (Å²) in [7, 11) is 0. The molecule has 1 saturated heterocycles. The first-order chi connectivity index (χ1) is 14.2. The largest absolute Gasteiger partial charge is 0.486 e. The molecule has 0 bridgehead atoms. The number of carbonyl (C=O) groups is 4. The molecule has 2 heterocycles. The van der Waals surface area contributed by atoms with Crippen LogP contribution in [0.3, 0.4) is 0 Å². The van der Waals surface area contributed by atoms with Gasteiger partial charge in [0.15, 0.2) is 11.5 Å². The van der Waals surface area contributed by atoms with E-state index in [1.54, 1.807) is 25.1 Å². The summed E-state index contributed by atoms with van der Waals surface area (Å²) in [5.41, 5.74) is -0.643. The topological polar surface area (TPSA) is 126 Å². The summed E-state index contributed by atoms with van der Waals surface area (Å²) < 4.78 is 10.8. The lowest BCUT2D eigenvalue weighted by Crippen LogP contribution is -2.46. The molecular formula is C20H26N4O6. The normalized spacial score (nSPS) is 20.2. The van der Waals surface area contributed by atoms with Gasteiger partial charge in [0.1, 0.15) is 25.3 Å². The molecule has 2 aliphatic rings. The van der Waals surface area contributed by atoms with E-state index in [-0.39, 0.29) is 0 Å². The van der Waals surface area contributed by atoms with Crippen LogP contribution in [0.2, 0.25) is 0 Å². The molecule has 0 aromatic heterocycles. The number of amides is 6. The van der Waals surface area contributed by atoms with Crippen LogP contribution < -0.4 is 25.4 Å². The Hall–Kier alpha value is -3.30. The highest BCUT2D eigenvalue weighted by atomic mass is 16.6. The van der Waals surface area contributed by atoms with Gasteiger partial charge >= 0.3 is 12.1 Å². The van der Waals surface area contributed by atoms with Crippen LogP contribution in [0.5, 0.6) is 11.5 Å². The van der Waals surface area contributed by atoms with Crippen molar-refractivity contribution in [1.82, 2.24) is 15.5 Å². The second kappa shape index (κ2) is 8.60. The van der Waals surface area contributed by atoms with Gasteiger partial charge in [-0.25, -0.2) is 9.59 Å². The van der Waals surface area contributed by atoms with Gasteiger partial charge in [-0.1, -0.05) is 13.8 Å². The molecule has 1 fully saturated rings. The molecule has 30 heavy (non-hydrogen) atoms. The van der Waals surface area contributed by atoms with E-state index in [4.69, 9.17) is 9.47 Å². The SMILES string of the molecule is CC(C)CC[C@@]1(C)NC(=O)N(CC(=O)NC(=O)Nc2ccc3c(c2)OCCO3)C1=O. The first-order valence-electron chi connectivity index (χ1n) is 9.82. The maximum absolute atomic E-state index is 12.6. The van der Waals surface area contributed by atoms with Gasteiger partial charge in [-0.05, 0) is 37.8 Å². The molecule has 10 heteroatoms. The van der Waals surface area contributed by atoms with Crippen LogP contribution in [-0.4, -0.2) is 54.1 Å². The second-order valence-corrected chi connectivity index (χ2v) is 7.95. The maximum Gasteiger partial charge on any atom is 0.325 e. The number of ether oxygens (including phenoxy) is 2. The van der Waals surface area contributed by atoms with Crippen molar-refractivity contribution in [3.63, 3.8) is 0 Å². The summed E-state index contributed by atoms with van der Waals surface area (Å²) in [6.45, 7) is 6.00. The molecule has 0 radical (unpaired) electrons. The number of nitrogens with one attached hydrogen (secondary N) is 3. The predicted molar refractivity (Wildman–Crippen MR) is 107 cm³/mol. The monoisotopic (exact) mass is 418 g/mol. The lowest BCUT2D eigenvalue weighted by molar-refractivity contribution is -0.134. The van der Waals surface area contributed by atoms with Gasteiger partial charge in [0.25, 0.3) is 5.91 Å². The molecule has 0 aliphatic carbocycles. The number of urea groups is 2. The third kappa shape index (κ3) is 4.81. The van der Waals surface area contributed by atoms with E-state index in [1.807, 2.05) is 13.8 Å². The summed E-state index contributed by atoms with van der Waals surface area (Å²) in [5.74, 6) is 0.179. The molecule has 2 aliphatic heterocycles. The fraction of sp³-hybridized carbons (Fsp3) is 0.500. The van der Waals surface area contributed by atoms with Crippen molar-refractivity contribution in [3.8, 4) is 11.5 Å². The minimum Gasteiger partial charge on any atom is -0.486 e. The number of hydrogen-bond acceptors (Lipinski definition) is 6. The number of hydrogen-bond donors (Lipinski definition) is 3. The molecule has 0 saturated carbocycles. The number of rotatable bonds is 6. The van der Waals surface area contributed by atoms with E-state index in [0.717, 1.165) is 11.3 Å². The molecule has 3 rings (SSSR count). The zero-order chi connectivity index (χ0) is 21.9. The maximum atomic E-state index is 12.6. The Morgan fingerprint density at radius 3 is 2.60 bits per heavy atom. The van der Waals surface area contributed by atoms with Gasteiger partial charge in [-0.15, -0.1) is 0 Å². The smallest absolute Gasteiger partial charge is 0.325 e. The molecular weight excluding hydrogens is 392 g/mol. The number of nitrogens with zero attached hydrogens (tertiary/aromatic N) is 1. The van der Waals surface area contributed by atoms with E-state index < -0.39 is 36.0 Å². The Morgan fingerprint density at radius 2 is 1.90 bits per heavy atom.